The van der Waals surface area contributed by atoms with Gasteiger partial charge >= 0.3 is 5.57 Å². The number of hydrogen-bond donors (Lipinski definition) is 1. The topological polar surface area (TPSA) is 35.2 Å². The van der Waals surface area contributed by atoms with Gasteiger partial charge in [0.15, 0.2) is 0 Å². The van der Waals surface area contributed by atoms with Crippen molar-refractivity contribution in [2.24, 2.45) is 0 Å². The summed E-state index contributed by atoms with van der Waals surface area (Å²) in [5.74, 6) is -0.140. The highest BCUT2D eigenvalue weighted by atomic mass is 35.5. The van der Waals surface area contributed by atoms with Crippen LogP contribution < -0.4 is 10.5 Å². The first kappa shape index (κ1) is 10.3. The lowest BCUT2D eigenvalue weighted by Crippen LogP contribution is -2.15. The molecule has 2 nitrogen and oxygen atoms in total. The van der Waals surface area contributed by atoms with Gasteiger partial charge in [-0.2, -0.15) is 0 Å². The summed E-state index contributed by atoms with van der Waals surface area (Å²) in [4.78, 5) is 0. The summed E-state index contributed by atoms with van der Waals surface area (Å²) >= 11 is 10.1. The molecular weight excluding hydrogens is 223 g/mol. The molecule has 0 heterocycles. The van der Waals surface area contributed by atoms with Gasteiger partial charge in [-0.15, -0.1) is 8.78 Å². The molecule has 1 rings (SSSR count). The van der Waals surface area contributed by atoms with E-state index in [0.717, 1.165) is 6.07 Å². The molecule has 0 amide bonds. The summed E-state index contributed by atoms with van der Waals surface area (Å²) in [6, 6.07) is 3.75. The van der Waals surface area contributed by atoms with Crippen LogP contribution in [0.25, 0.3) is 0 Å². The van der Waals surface area contributed by atoms with Crippen molar-refractivity contribution in [3.05, 3.63) is 23.2 Å². The zero-order valence-electron chi connectivity index (χ0n) is 6.23. The quantitative estimate of drug-likeness (QED) is 0.623. The lowest BCUT2D eigenvalue weighted by atomic mass is 10.3. The molecule has 0 saturated carbocycles. The van der Waals surface area contributed by atoms with Crippen LogP contribution in [0.3, 0.4) is 0 Å². The lowest BCUT2D eigenvalue weighted by Gasteiger charge is -2.10. The Hall–Kier alpha value is -0.740. The van der Waals surface area contributed by atoms with E-state index in [2.05, 4.69) is 16.3 Å². The van der Waals surface area contributed by atoms with Crippen LogP contribution >= 0.6 is 23.2 Å². The predicted molar refractivity (Wildman–Crippen MR) is 47.3 cm³/mol. The Morgan fingerprint density at radius 3 is 2.46 bits per heavy atom. The van der Waals surface area contributed by atoms with Crippen molar-refractivity contribution in [1.29, 1.82) is 0 Å². The molecular formula is C7H5Cl2F2NO. The van der Waals surface area contributed by atoms with E-state index in [9.17, 15) is 8.78 Å². The van der Waals surface area contributed by atoms with E-state index in [1.165, 1.54) is 12.1 Å². The second-order valence-electron chi connectivity index (χ2n) is 2.23. The maximum atomic E-state index is 12.1. The van der Waals surface area contributed by atoms with E-state index in [1.54, 1.807) is 0 Å². The summed E-state index contributed by atoms with van der Waals surface area (Å²) in [5, 5.41) is 0.137. The van der Waals surface area contributed by atoms with Crippen molar-refractivity contribution in [2.45, 2.75) is 5.57 Å². The van der Waals surface area contributed by atoms with Crippen molar-refractivity contribution in [3.8, 4) is 5.75 Å². The molecule has 0 atom stereocenters. The zero-order chi connectivity index (χ0) is 10.1. The summed E-state index contributed by atoms with van der Waals surface area (Å²) < 4.78 is 28.2. The molecule has 0 radical (unpaired) electrons. The molecule has 0 aliphatic carbocycles. The van der Waals surface area contributed by atoms with Crippen molar-refractivity contribution in [1.82, 2.24) is 0 Å². The Morgan fingerprint density at radius 2 is 2.00 bits per heavy atom. The van der Waals surface area contributed by atoms with Crippen LogP contribution in [0.5, 0.6) is 5.75 Å². The molecule has 0 aliphatic rings. The average Bonchev–Trinajstić information content (AvgIpc) is 1.94. The Kier molecular flexibility index (Phi) is 2.83. The third-order valence-corrected chi connectivity index (χ3v) is 1.61. The number of nitrogen functional groups attached to an aromatic ring is 1. The largest absolute Gasteiger partial charge is 0.487 e. The molecule has 0 aliphatic heterocycles. The standard InChI is InChI=1S/C7H5Cl2F2NO/c8-5-3-4(1-2-6(5)12)13-7(9,10)11/h1-3H,12H2. The molecule has 72 valence electrons. The molecule has 6 heteroatoms. The van der Waals surface area contributed by atoms with Gasteiger partial charge in [-0.1, -0.05) is 11.6 Å². The Bertz CT molecular complexity index is 314. The van der Waals surface area contributed by atoms with E-state index in [-0.39, 0.29) is 16.5 Å². The average molecular weight is 228 g/mol. The summed E-state index contributed by atoms with van der Waals surface area (Å²) in [7, 11) is 0. The first-order chi connectivity index (χ1) is 5.88. The highest BCUT2D eigenvalue weighted by Crippen LogP contribution is 2.29. The van der Waals surface area contributed by atoms with Crippen molar-refractivity contribution in [2.75, 3.05) is 5.73 Å². The Morgan fingerprint density at radius 1 is 1.38 bits per heavy atom. The number of rotatable bonds is 2. The third kappa shape index (κ3) is 3.24. The normalized spacial score (nSPS) is 11.4. The highest BCUT2D eigenvalue weighted by molar-refractivity contribution is 6.33. The zero-order valence-corrected chi connectivity index (χ0v) is 7.74. The smallest absolute Gasteiger partial charge is 0.420 e. The van der Waals surface area contributed by atoms with E-state index in [1.807, 2.05) is 0 Å². The fraction of sp³-hybridized carbons (Fsp3) is 0.143. The minimum absolute atomic E-state index is 0.137. The van der Waals surface area contributed by atoms with Gasteiger partial charge in [0.2, 0.25) is 0 Å². The number of nitrogens with two attached hydrogens (primary N) is 1. The van der Waals surface area contributed by atoms with Gasteiger partial charge in [-0.05, 0) is 12.1 Å². The van der Waals surface area contributed by atoms with Crippen molar-refractivity contribution in [3.63, 3.8) is 0 Å². The van der Waals surface area contributed by atoms with Gasteiger partial charge in [-0.25, -0.2) is 0 Å². The van der Waals surface area contributed by atoms with Gasteiger partial charge in [0.1, 0.15) is 5.75 Å². The first-order valence-electron chi connectivity index (χ1n) is 3.19. The monoisotopic (exact) mass is 227 g/mol. The van der Waals surface area contributed by atoms with Crippen LogP contribution in [0.4, 0.5) is 14.5 Å². The van der Waals surface area contributed by atoms with Gasteiger partial charge in [0, 0.05) is 17.7 Å². The first-order valence-corrected chi connectivity index (χ1v) is 3.95. The Labute approximate surface area is 83.2 Å². The molecule has 0 saturated heterocycles. The molecule has 1 aromatic carbocycles. The summed E-state index contributed by atoms with van der Waals surface area (Å²) in [5.41, 5.74) is 1.89. The van der Waals surface area contributed by atoms with E-state index in [4.69, 9.17) is 17.3 Å². The highest BCUT2D eigenvalue weighted by Gasteiger charge is 2.27. The van der Waals surface area contributed by atoms with E-state index in [0.29, 0.717) is 0 Å². The molecule has 13 heavy (non-hydrogen) atoms. The van der Waals surface area contributed by atoms with E-state index < -0.39 is 5.57 Å². The van der Waals surface area contributed by atoms with Crippen LogP contribution in [0, 0.1) is 0 Å². The fourth-order valence-corrected chi connectivity index (χ4v) is 0.965. The molecule has 0 unspecified atom stereocenters. The maximum absolute atomic E-state index is 12.1. The van der Waals surface area contributed by atoms with Gasteiger partial charge < -0.3 is 10.5 Å². The number of alkyl halides is 3. The maximum Gasteiger partial charge on any atom is 0.487 e. The lowest BCUT2D eigenvalue weighted by molar-refractivity contribution is -0.0964. The molecule has 0 bridgehead atoms. The van der Waals surface area contributed by atoms with Gasteiger partial charge in [-0.3, -0.25) is 0 Å². The number of hydrogen-bond acceptors (Lipinski definition) is 2. The summed E-state index contributed by atoms with van der Waals surface area (Å²) in [6.07, 6.45) is 0. The second-order valence-corrected chi connectivity index (χ2v) is 3.08. The van der Waals surface area contributed by atoms with Gasteiger partial charge in [0.25, 0.3) is 0 Å². The number of anilines is 1. The molecule has 2 N–H and O–H groups in total. The van der Waals surface area contributed by atoms with Crippen molar-refractivity contribution < 1.29 is 13.5 Å². The third-order valence-electron chi connectivity index (χ3n) is 1.21. The second kappa shape index (κ2) is 3.55. The van der Waals surface area contributed by atoms with Crippen LogP contribution in [-0.2, 0) is 0 Å². The molecule has 1 aromatic rings. The van der Waals surface area contributed by atoms with Crippen LogP contribution in [-0.4, -0.2) is 5.57 Å². The van der Waals surface area contributed by atoms with Crippen LogP contribution in [0.15, 0.2) is 18.2 Å². The number of ether oxygens (including phenoxy) is 1. The van der Waals surface area contributed by atoms with Crippen LogP contribution in [0.1, 0.15) is 0 Å². The number of benzene rings is 1. The van der Waals surface area contributed by atoms with Gasteiger partial charge in [0.05, 0.1) is 10.7 Å². The van der Waals surface area contributed by atoms with E-state index >= 15 is 0 Å². The Balaban J connectivity index is 2.86. The van der Waals surface area contributed by atoms with Crippen molar-refractivity contribution >= 4 is 28.9 Å². The summed E-state index contributed by atoms with van der Waals surface area (Å²) in [6.45, 7) is 0. The minimum atomic E-state index is -3.74. The number of halogens is 4. The fourth-order valence-electron chi connectivity index (χ4n) is 0.705. The van der Waals surface area contributed by atoms with Crippen LogP contribution in [0.2, 0.25) is 5.02 Å². The minimum Gasteiger partial charge on any atom is -0.420 e. The molecule has 0 spiro atoms. The predicted octanol–water partition coefficient (Wildman–Crippen LogP) is 3.09. The SMILES string of the molecule is Nc1ccc(OC(F)(F)Cl)cc1Cl. The molecule has 0 fully saturated rings. The molecule has 0 aromatic heterocycles.